The van der Waals surface area contributed by atoms with Crippen LogP contribution in [0.25, 0.3) is 0 Å². The zero-order valence-electron chi connectivity index (χ0n) is 11.9. The maximum atomic E-state index is 11.4. The van der Waals surface area contributed by atoms with Crippen molar-refractivity contribution in [3.05, 3.63) is 44.3 Å². The fourth-order valence-electron chi connectivity index (χ4n) is 1.92. The minimum atomic E-state index is -0.241. The molecule has 0 radical (unpaired) electrons. The predicted octanol–water partition coefficient (Wildman–Crippen LogP) is 3.61. The Morgan fingerprint density at radius 3 is 2.95 bits per heavy atom. The molecular weight excluding hydrogens is 354 g/mol. The molecule has 112 valence electrons. The Morgan fingerprint density at radius 1 is 1.43 bits per heavy atom. The van der Waals surface area contributed by atoms with Crippen LogP contribution in [0, 0.1) is 0 Å². The molecule has 1 aromatic carbocycles. The monoisotopic (exact) mass is 369 g/mol. The molecule has 1 aromatic heterocycles. The number of benzene rings is 1. The number of carbonyl (C=O) groups is 1. The summed E-state index contributed by atoms with van der Waals surface area (Å²) in [5.41, 5.74) is 1.81. The Bertz CT molecular complexity index is 627. The second-order valence-corrected chi connectivity index (χ2v) is 6.21. The van der Waals surface area contributed by atoms with Crippen LogP contribution in [0.1, 0.15) is 23.2 Å². The Morgan fingerprint density at radius 2 is 2.24 bits per heavy atom. The lowest BCUT2D eigenvalue weighted by molar-refractivity contribution is -0.142. The van der Waals surface area contributed by atoms with Crippen molar-refractivity contribution < 1.29 is 14.3 Å². The van der Waals surface area contributed by atoms with Crippen molar-refractivity contribution in [1.29, 1.82) is 0 Å². The first-order valence-corrected chi connectivity index (χ1v) is 8.21. The predicted molar refractivity (Wildman–Crippen MR) is 86.0 cm³/mol. The lowest BCUT2D eigenvalue weighted by atomic mass is 10.1. The van der Waals surface area contributed by atoms with Gasteiger partial charge in [0.15, 0.2) is 0 Å². The average Bonchev–Trinajstić information content (AvgIpc) is 2.86. The lowest BCUT2D eigenvalue weighted by Crippen LogP contribution is -2.07. The smallest absolute Gasteiger partial charge is 0.311 e. The van der Waals surface area contributed by atoms with Crippen molar-refractivity contribution in [2.45, 2.75) is 19.8 Å². The molecule has 0 atom stereocenters. The van der Waals surface area contributed by atoms with Gasteiger partial charge in [-0.1, -0.05) is 15.9 Å². The second kappa shape index (κ2) is 7.56. The Balaban J connectivity index is 2.09. The molecule has 0 fully saturated rings. The standard InChI is InChI=1S/C15H16BrNO3S/c1-3-20-15(18)8-12-9-21-14(17-12)7-10-6-11(16)4-5-13(10)19-2/h4-6,9H,3,7-8H2,1-2H3. The first-order chi connectivity index (χ1) is 10.1. The van der Waals surface area contributed by atoms with Crippen LogP contribution in [-0.4, -0.2) is 24.7 Å². The molecule has 0 spiro atoms. The highest BCUT2D eigenvalue weighted by molar-refractivity contribution is 9.10. The largest absolute Gasteiger partial charge is 0.496 e. The van der Waals surface area contributed by atoms with Crippen molar-refractivity contribution >= 4 is 33.2 Å². The third-order valence-electron chi connectivity index (χ3n) is 2.81. The number of halogens is 1. The van der Waals surface area contributed by atoms with Gasteiger partial charge < -0.3 is 9.47 Å². The molecule has 1 heterocycles. The van der Waals surface area contributed by atoms with Gasteiger partial charge in [0.05, 0.1) is 30.8 Å². The van der Waals surface area contributed by atoms with Gasteiger partial charge in [0, 0.05) is 21.8 Å². The molecule has 0 saturated carbocycles. The molecule has 0 N–H and O–H groups in total. The Kier molecular flexibility index (Phi) is 5.76. The van der Waals surface area contributed by atoms with Gasteiger partial charge in [-0.25, -0.2) is 4.98 Å². The van der Waals surface area contributed by atoms with E-state index in [2.05, 4.69) is 20.9 Å². The fourth-order valence-corrected chi connectivity index (χ4v) is 3.14. The highest BCUT2D eigenvalue weighted by Gasteiger charge is 2.11. The van der Waals surface area contributed by atoms with Crippen LogP contribution in [0.2, 0.25) is 0 Å². The summed E-state index contributed by atoms with van der Waals surface area (Å²) in [4.78, 5) is 15.9. The van der Waals surface area contributed by atoms with E-state index in [1.807, 2.05) is 23.6 Å². The van der Waals surface area contributed by atoms with Gasteiger partial charge in [0.25, 0.3) is 0 Å². The molecule has 4 nitrogen and oxygen atoms in total. The summed E-state index contributed by atoms with van der Waals surface area (Å²) in [6.07, 6.45) is 0.899. The van der Waals surface area contributed by atoms with E-state index in [1.54, 1.807) is 14.0 Å². The van der Waals surface area contributed by atoms with E-state index in [1.165, 1.54) is 11.3 Å². The summed E-state index contributed by atoms with van der Waals surface area (Å²) >= 11 is 5.00. The zero-order chi connectivity index (χ0) is 15.2. The maximum absolute atomic E-state index is 11.4. The highest BCUT2D eigenvalue weighted by Crippen LogP contribution is 2.26. The number of rotatable bonds is 6. The first-order valence-electron chi connectivity index (χ1n) is 6.53. The van der Waals surface area contributed by atoms with E-state index < -0.39 is 0 Å². The summed E-state index contributed by atoms with van der Waals surface area (Å²) in [7, 11) is 1.65. The van der Waals surface area contributed by atoms with Gasteiger partial charge in [-0.3, -0.25) is 4.79 Å². The SMILES string of the molecule is CCOC(=O)Cc1csc(Cc2cc(Br)ccc2OC)n1. The van der Waals surface area contributed by atoms with Crippen LogP contribution in [0.3, 0.4) is 0 Å². The number of hydrogen-bond acceptors (Lipinski definition) is 5. The van der Waals surface area contributed by atoms with Gasteiger partial charge in [-0.15, -0.1) is 11.3 Å². The number of hydrogen-bond donors (Lipinski definition) is 0. The minimum Gasteiger partial charge on any atom is -0.496 e. The molecule has 0 bridgehead atoms. The van der Waals surface area contributed by atoms with Gasteiger partial charge in [-0.05, 0) is 25.1 Å². The summed E-state index contributed by atoms with van der Waals surface area (Å²) in [6.45, 7) is 2.19. The van der Waals surface area contributed by atoms with Crippen molar-refractivity contribution in [1.82, 2.24) is 4.98 Å². The van der Waals surface area contributed by atoms with E-state index >= 15 is 0 Å². The van der Waals surface area contributed by atoms with E-state index in [-0.39, 0.29) is 12.4 Å². The van der Waals surface area contributed by atoms with E-state index in [0.717, 1.165) is 26.5 Å². The maximum Gasteiger partial charge on any atom is 0.311 e. The second-order valence-electron chi connectivity index (χ2n) is 4.35. The zero-order valence-corrected chi connectivity index (χ0v) is 14.3. The molecule has 0 unspecified atom stereocenters. The van der Waals surface area contributed by atoms with Crippen LogP contribution < -0.4 is 4.74 Å². The summed E-state index contributed by atoms with van der Waals surface area (Å²) < 4.78 is 11.3. The average molecular weight is 370 g/mol. The summed E-state index contributed by atoms with van der Waals surface area (Å²) in [5, 5.41) is 2.85. The van der Waals surface area contributed by atoms with Crippen LogP contribution in [-0.2, 0) is 22.4 Å². The van der Waals surface area contributed by atoms with Crippen LogP contribution in [0.15, 0.2) is 28.1 Å². The number of carbonyl (C=O) groups excluding carboxylic acids is 1. The lowest BCUT2D eigenvalue weighted by Gasteiger charge is -2.07. The molecule has 0 aliphatic heterocycles. The van der Waals surface area contributed by atoms with Crippen LogP contribution >= 0.6 is 27.3 Å². The van der Waals surface area contributed by atoms with Crippen molar-refractivity contribution in [3.63, 3.8) is 0 Å². The number of esters is 1. The molecule has 21 heavy (non-hydrogen) atoms. The molecule has 6 heteroatoms. The number of methoxy groups -OCH3 is 1. The van der Waals surface area contributed by atoms with Gasteiger partial charge in [0.1, 0.15) is 5.75 Å². The van der Waals surface area contributed by atoms with E-state index in [4.69, 9.17) is 9.47 Å². The van der Waals surface area contributed by atoms with Crippen molar-refractivity contribution in [3.8, 4) is 5.75 Å². The van der Waals surface area contributed by atoms with Crippen molar-refractivity contribution in [2.24, 2.45) is 0 Å². The molecule has 0 saturated heterocycles. The molecule has 2 aromatic rings. The molecule has 0 amide bonds. The highest BCUT2D eigenvalue weighted by atomic mass is 79.9. The molecular formula is C15H16BrNO3S. The minimum absolute atomic E-state index is 0.222. The molecule has 0 aliphatic carbocycles. The first kappa shape index (κ1) is 16.0. The summed E-state index contributed by atoms with van der Waals surface area (Å²) in [6, 6.07) is 5.88. The van der Waals surface area contributed by atoms with Gasteiger partial charge >= 0.3 is 5.97 Å². The van der Waals surface area contributed by atoms with Crippen LogP contribution in [0.4, 0.5) is 0 Å². The number of ether oxygens (including phenoxy) is 2. The third-order valence-corrected chi connectivity index (χ3v) is 4.21. The van der Waals surface area contributed by atoms with Gasteiger partial charge in [-0.2, -0.15) is 0 Å². The topological polar surface area (TPSA) is 48.4 Å². The van der Waals surface area contributed by atoms with Crippen LogP contribution in [0.5, 0.6) is 5.75 Å². The number of thiazole rings is 1. The third kappa shape index (κ3) is 4.54. The van der Waals surface area contributed by atoms with E-state index in [9.17, 15) is 4.79 Å². The number of nitrogens with zero attached hydrogens (tertiary/aromatic N) is 1. The molecule has 2 rings (SSSR count). The quantitative estimate of drug-likeness (QED) is 0.729. The molecule has 0 aliphatic rings. The summed E-state index contributed by atoms with van der Waals surface area (Å²) in [5.74, 6) is 0.592. The normalized spacial score (nSPS) is 10.4. The van der Waals surface area contributed by atoms with E-state index in [0.29, 0.717) is 13.0 Å². The number of aromatic nitrogens is 1. The Labute approximate surface area is 136 Å². The Hall–Kier alpha value is -1.40. The van der Waals surface area contributed by atoms with Crippen molar-refractivity contribution in [2.75, 3.05) is 13.7 Å². The fraction of sp³-hybridized carbons (Fsp3) is 0.333. The van der Waals surface area contributed by atoms with Gasteiger partial charge in [0.2, 0.25) is 0 Å².